The Balaban J connectivity index is 2.36. The lowest BCUT2D eigenvalue weighted by atomic mass is 10.0. The van der Waals surface area contributed by atoms with Crippen molar-refractivity contribution in [2.45, 2.75) is 32.9 Å². The molecule has 1 atom stereocenters. The first-order valence-electron chi connectivity index (χ1n) is 5.99. The van der Waals surface area contributed by atoms with E-state index in [2.05, 4.69) is 24.1 Å². The van der Waals surface area contributed by atoms with Gasteiger partial charge in [0.25, 0.3) is 0 Å². The maximum Gasteiger partial charge on any atom is 0.126 e. The lowest BCUT2D eigenvalue weighted by Gasteiger charge is -2.20. The molecular formula is C14H17FN2S. The highest BCUT2D eigenvalue weighted by Crippen LogP contribution is 2.25. The molecule has 0 saturated heterocycles. The summed E-state index contributed by atoms with van der Waals surface area (Å²) in [5.41, 5.74) is 1.72. The molecule has 1 N–H and O–H groups in total. The first kappa shape index (κ1) is 13.2. The number of hydrogen-bond acceptors (Lipinski definition) is 3. The van der Waals surface area contributed by atoms with Crippen LogP contribution in [0.5, 0.6) is 0 Å². The molecule has 0 aliphatic carbocycles. The number of nitrogens with zero attached hydrogens (tertiary/aromatic N) is 1. The van der Waals surface area contributed by atoms with Crippen molar-refractivity contribution in [1.29, 1.82) is 0 Å². The number of aryl methyl sites for hydroxylation is 1. The second-order valence-electron chi connectivity index (χ2n) is 4.63. The fraction of sp³-hybridized carbons (Fsp3) is 0.357. The molecule has 0 radical (unpaired) electrons. The largest absolute Gasteiger partial charge is 0.302 e. The lowest BCUT2D eigenvalue weighted by Crippen LogP contribution is -2.29. The smallest absolute Gasteiger partial charge is 0.126 e. The fourth-order valence-electron chi connectivity index (χ4n) is 1.87. The molecule has 0 aliphatic rings. The minimum Gasteiger partial charge on any atom is -0.302 e. The number of nitrogens with one attached hydrogen (secondary N) is 1. The Morgan fingerprint density at radius 2 is 2.11 bits per heavy atom. The summed E-state index contributed by atoms with van der Waals surface area (Å²) < 4.78 is 13.3. The van der Waals surface area contributed by atoms with Crippen LogP contribution in [0.15, 0.2) is 29.8 Å². The van der Waals surface area contributed by atoms with Crippen LogP contribution in [0.4, 0.5) is 4.39 Å². The van der Waals surface area contributed by atoms with E-state index in [1.165, 1.54) is 6.07 Å². The predicted molar refractivity (Wildman–Crippen MR) is 73.4 cm³/mol. The van der Waals surface area contributed by atoms with E-state index in [9.17, 15) is 4.39 Å². The Morgan fingerprint density at radius 1 is 1.33 bits per heavy atom. The fourth-order valence-corrected chi connectivity index (χ4v) is 2.59. The zero-order valence-electron chi connectivity index (χ0n) is 10.8. The Kier molecular flexibility index (Phi) is 4.09. The molecule has 1 unspecified atom stereocenters. The maximum atomic E-state index is 13.3. The highest BCUT2D eigenvalue weighted by atomic mass is 32.1. The van der Waals surface area contributed by atoms with Crippen LogP contribution in [0, 0.1) is 12.7 Å². The van der Waals surface area contributed by atoms with Crippen LogP contribution in [0.25, 0.3) is 0 Å². The average molecular weight is 264 g/mol. The van der Waals surface area contributed by atoms with Gasteiger partial charge in [-0.3, -0.25) is 0 Å². The van der Waals surface area contributed by atoms with Gasteiger partial charge in [0.1, 0.15) is 10.8 Å². The normalized spacial score (nSPS) is 12.9. The van der Waals surface area contributed by atoms with E-state index in [1.54, 1.807) is 24.5 Å². The van der Waals surface area contributed by atoms with Crippen molar-refractivity contribution in [1.82, 2.24) is 10.3 Å². The molecule has 2 aromatic rings. The van der Waals surface area contributed by atoms with Gasteiger partial charge >= 0.3 is 0 Å². The van der Waals surface area contributed by atoms with E-state index < -0.39 is 0 Å². The first-order chi connectivity index (χ1) is 8.58. The summed E-state index contributed by atoms with van der Waals surface area (Å²) in [7, 11) is 0. The van der Waals surface area contributed by atoms with E-state index in [1.807, 2.05) is 17.5 Å². The van der Waals surface area contributed by atoms with E-state index in [4.69, 9.17) is 0 Å². The monoisotopic (exact) mass is 264 g/mol. The van der Waals surface area contributed by atoms with E-state index in [-0.39, 0.29) is 11.9 Å². The average Bonchev–Trinajstić information content (AvgIpc) is 2.83. The summed E-state index contributed by atoms with van der Waals surface area (Å²) in [4.78, 5) is 4.36. The quantitative estimate of drug-likeness (QED) is 0.911. The van der Waals surface area contributed by atoms with Crippen molar-refractivity contribution in [3.8, 4) is 0 Å². The Labute approximate surface area is 111 Å². The predicted octanol–water partition coefficient (Wildman–Crippen LogP) is 3.68. The van der Waals surface area contributed by atoms with Crippen molar-refractivity contribution in [3.05, 3.63) is 51.7 Å². The molecule has 0 bridgehead atoms. The lowest BCUT2D eigenvalue weighted by molar-refractivity contribution is 0.525. The zero-order valence-corrected chi connectivity index (χ0v) is 11.6. The van der Waals surface area contributed by atoms with Gasteiger partial charge in [-0.15, -0.1) is 11.3 Å². The van der Waals surface area contributed by atoms with Gasteiger partial charge in [-0.25, -0.2) is 9.37 Å². The van der Waals surface area contributed by atoms with E-state index in [0.29, 0.717) is 11.6 Å². The minimum atomic E-state index is -0.166. The molecule has 2 rings (SSSR count). The number of thiazole rings is 1. The summed E-state index contributed by atoms with van der Waals surface area (Å²) in [5, 5.41) is 6.44. The van der Waals surface area contributed by atoms with Gasteiger partial charge in [0.05, 0.1) is 6.04 Å². The highest BCUT2D eigenvalue weighted by molar-refractivity contribution is 7.09. The molecule has 1 aromatic heterocycles. The van der Waals surface area contributed by atoms with Gasteiger partial charge in [0.2, 0.25) is 0 Å². The minimum absolute atomic E-state index is 0.0318. The van der Waals surface area contributed by atoms with Crippen LogP contribution >= 0.6 is 11.3 Å². The first-order valence-corrected chi connectivity index (χ1v) is 6.87. The van der Waals surface area contributed by atoms with Crippen molar-refractivity contribution in [2.75, 3.05) is 0 Å². The van der Waals surface area contributed by atoms with Crippen LogP contribution in [0.1, 0.15) is 36.0 Å². The van der Waals surface area contributed by atoms with Gasteiger partial charge in [-0.1, -0.05) is 12.1 Å². The number of halogens is 1. The summed E-state index contributed by atoms with van der Waals surface area (Å²) in [6.45, 7) is 5.97. The molecule has 4 heteroatoms. The number of hydrogen-bond donors (Lipinski definition) is 1. The van der Waals surface area contributed by atoms with Crippen LogP contribution < -0.4 is 5.32 Å². The second-order valence-corrected chi connectivity index (χ2v) is 5.56. The molecule has 0 spiro atoms. The van der Waals surface area contributed by atoms with Crippen LogP contribution in [-0.4, -0.2) is 11.0 Å². The molecule has 1 aromatic carbocycles. The topological polar surface area (TPSA) is 24.9 Å². The number of rotatable bonds is 4. The van der Waals surface area contributed by atoms with Crippen LogP contribution in [0.2, 0.25) is 0 Å². The zero-order chi connectivity index (χ0) is 13.1. The number of aromatic nitrogens is 1. The molecule has 18 heavy (non-hydrogen) atoms. The molecule has 0 saturated carbocycles. The van der Waals surface area contributed by atoms with Crippen LogP contribution in [-0.2, 0) is 0 Å². The van der Waals surface area contributed by atoms with Gasteiger partial charge in [-0.05, 0) is 38.0 Å². The molecule has 0 aliphatic heterocycles. The molecule has 1 heterocycles. The molecule has 2 nitrogen and oxygen atoms in total. The van der Waals surface area contributed by atoms with Crippen molar-refractivity contribution in [3.63, 3.8) is 0 Å². The van der Waals surface area contributed by atoms with Gasteiger partial charge < -0.3 is 5.32 Å². The third kappa shape index (κ3) is 2.94. The van der Waals surface area contributed by atoms with Gasteiger partial charge in [0.15, 0.2) is 0 Å². The van der Waals surface area contributed by atoms with Crippen LogP contribution in [0.3, 0.4) is 0 Å². The summed E-state index contributed by atoms with van der Waals surface area (Å²) in [5.74, 6) is -0.166. The van der Waals surface area contributed by atoms with E-state index in [0.717, 1.165) is 10.6 Å². The second kappa shape index (κ2) is 5.59. The molecular weight excluding hydrogens is 247 g/mol. The van der Waals surface area contributed by atoms with Crippen molar-refractivity contribution in [2.24, 2.45) is 0 Å². The third-order valence-corrected chi connectivity index (χ3v) is 3.55. The Bertz CT molecular complexity index is 509. The SMILES string of the molecule is Cc1cc(C(NC(C)C)c2nccs2)ccc1F. The molecule has 0 amide bonds. The number of benzene rings is 1. The highest BCUT2D eigenvalue weighted by Gasteiger charge is 2.18. The summed E-state index contributed by atoms with van der Waals surface area (Å²) in [6, 6.07) is 5.60. The maximum absolute atomic E-state index is 13.3. The molecule has 96 valence electrons. The van der Waals surface area contributed by atoms with Crippen molar-refractivity contribution < 1.29 is 4.39 Å². The molecule has 0 fully saturated rings. The standard InChI is InChI=1S/C14H17FN2S/c1-9(2)17-13(14-16-6-7-18-14)11-4-5-12(15)10(3)8-11/h4-9,13,17H,1-3H3. The summed E-state index contributed by atoms with van der Waals surface area (Å²) >= 11 is 1.61. The summed E-state index contributed by atoms with van der Waals surface area (Å²) in [6.07, 6.45) is 1.80. The van der Waals surface area contributed by atoms with Crippen molar-refractivity contribution >= 4 is 11.3 Å². The third-order valence-electron chi connectivity index (χ3n) is 2.71. The van der Waals surface area contributed by atoms with Gasteiger partial charge in [0, 0.05) is 17.6 Å². The van der Waals surface area contributed by atoms with Gasteiger partial charge in [-0.2, -0.15) is 0 Å². The Morgan fingerprint density at radius 3 is 2.67 bits per heavy atom. The Hall–Kier alpha value is -1.26. The van der Waals surface area contributed by atoms with E-state index >= 15 is 0 Å².